The number of thiazole rings is 1. The van der Waals surface area contributed by atoms with Crippen molar-refractivity contribution in [1.29, 1.82) is 0 Å². The Morgan fingerprint density at radius 3 is 2.61 bits per heavy atom. The lowest BCUT2D eigenvalue weighted by Gasteiger charge is -2.17. The topological polar surface area (TPSA) is 58.9 Å². The lowest BCUT2D eigenvalue weighted by Crippen LogP contribution is -2.34. The Hall–Kier alpha value is -2.90. The molecule has 0 saturated carbocycles. The molecule has 0 spiro atoms. The summed E-state index contributed by atoms with van der Waals surface area (Å²) >= 11 is 1.59. The van der Waals surface area contributed by atoms with Crippen LogP contribution in [0.1, 0.15) is 31.1 Å². The van der Waals surface area contributed by atoms with E-state index in [2.05, 4.69) is 28.5 Å². The van der Waals surface area contributed by atoms with E-state index in [1.165, 1.54) is 0 Å². The summed E-state index contributed by atoms with van der Waals surface area (Å²) in [6, 6.07) is 13.8. The van der Waals surface area contributed by atoms with Crippen molar-refractivity contribution in [3.8, 4) is 17.0 Å². The van der Waals surface area contributed by atoms with E-state index in [4.69, 9.17) is 9.72 Å². The van der Waals surface area contributed by atoms with E-state index >= 15 is 0 Å². The highest BCUT2D eigenvalue weighted by molar-refractivity contribution is 7.23. The Bertz CT molecular complexity index is 1180. The zero-order valence-electron chi connectivity index (χ0n) is 18.2. The van der Waals surface area contributed by atoms with Crippen LogP contribution in [0.4, 0.5) is 0 Å². The van der Waals surface area contributed by atoms with Gasteiger partial charge in [-0.25, -0.2) is 4.98 Å². The van der Waals surface area contributed by atoms with Crippen LogP contribution in [0.25, 0.3) is 26.4 Å². The molecule has 0 aliphatic carbocycles. The first-order chi connectivity index (χ1) is 15.1. The third-order valence-corrected chi connectivity index (χ3v) is 6.44. The molecule has 0 aliphatic rings. The maximum absolute atomic E-state index is 12.6. The smallest absolute Gasteiger partial charge is 0.251 e. The lowest BCUT2D eigenvalue weighted by molar-refractivity contribution is 0.0949. The van der Waals surface area contributed by atoms with Crippen LogP contribution in [-0.4, -0.2) is 53.0 Å². The summed E-state index contributed by atoms with van der Waals surface area (Å²) in [7, 11) is 0. The van der Waals surface area contributed by atoms with E-state index in [-0.39, 0.29) is 5.91 Å². The van der Waals surface area contributed by atoms with Crippen LogP contribution in [0, 0.1) is 0 Å². The maximum atomic E-state index is 12.6. The fraction of sp³-hybridized carbons (Fsp3) is 0.333. The first-order valence-electron chi connectivity index (χ1n) is 10.8. The maximum Gasteiger partial charge on any atom is 0.251 e. The lowest BCUT2D eigenvalue weighted by atomic mass is 10.1. The molecule has 0 atom stereocenters. The monoisotopic (exact) mass is 436 g/mol. The van der Waals surface area contributed by atoms with Crippen molar-refractivity contribution in [3.05, 3.63) is 54.2 Å². The van der Waals surface area contributed by atoms with Gasteiger partial charge >= 0.3 is 0 Å². The van der Waals surface area contributed by atoms with E-state index in [0.717, 1.165) is 51.8 Å². The number of hydrogen-bond acceptors (Lipinski definition) is 5. The molecule has 2 aromatic carbocycles. The minimum atomic E-state index is -0.0322. The summed E-state index contributed by atoms with van der Waals surface area (Å²) in [5, 5.41) is 3.03. The van der Waals surface area contributed by atoms with Gasteiger partial charge in [-0.05, 0) is 62.5 Å². The van der Waals surface area contributed by atoms with Crippen LogP contribution in [0.5, 0.6) is 5.75 Å². The molecule has 2 aromatic heterocycles. The molecule has 0 fully saturated rings. The quantitative estimate of drug-likeness (QED) is 0.414. The predicted octanol–water partition coefficient (Wildman–Crippen LogP) is 4.69. The second-order valence-electron chi connectivity index (χ2n) is 7.30. The van der Waals surface area contributed by atoms with Gasteiger partial charge in [0.2, 0.25) is 0 Å². The number of hydrogen-bond donors (Lipinski definition) is 1. The first kappa shape index (κ1) is 21.3. The average Bonchev–Trinajstić information content (AvgIpc) is 3.35. The third-order valence-electron chi connectivity index (χ3n) is 5.43. The van der Waals surface area contributed by atoms with Gasteiger partial charge in [0, 0.05) is 30.4 Å². The number of imidazole rings is 1. The van der Waals surface area contributed by atoms with Crippen LogP contribution in [-0.2, 0) is 0 Å². The normalized spacial score (nSPS) is 11.5. The number of nitrogens with one attached hydrogen (secondary N) is 1. The molecule has 0 aliphatic heterocycles. The van der Waals surface area contributed by atoms with Gasteiger partial charge in [-0.1, -0.05) is 25.2 Å². The number of nitrogens with zero attached hydrogens (tertiary/aromatic N) is 3. The van der Waals surface area contributed by atoms with Crippen molar-refractivity contribution in [2.75, 3.05) is 32.8 Å². The fourth-order valence-electron chi connectivity index (χ4n) is 3.64. The molecule has 1 N–H and O–H groups in total. The van der Waals surface area contributed by atoms with Crippen LogP contribution < -0.4 is 10.1 Å². The van der Waals surface area contributed by atoms with Crippen LogP contribution in [0.3, 0.4) is 0 Å². The van der Waals surface area contributed by atoms with Crippen molar-refractivity contribution >= 4 is 32.4 Å². The standard InChI is InChI=1S/C24H28N4O2S/c1-4-27(5-2)14-13-25-23(29)18-9-12-21-22(15-18)31-24-26-20(16-28(21)24)17-7-10-19(11-8-17)30-6-3/h7-12,15-16H,4-6,13-14H2,1-3H3,(H,25,29). The zero-order chi connectivity index (χ0) is 21.8. The van der Waals surface area contributed by atoms with Crippen LogP contribution in [0.2, 0.25) is 0 Å². The molecule has 0 saturated heterocycles. The highest BCUT2D eigenvalue weighted by Crippen LogP contribution is 2.30. The summed E-state index contributed by atoms with van der Waals surface area (Å²) in [4.78, 5) is 20.6. The second kappa shape index (κ2) is 9.49. The summed E-state index contributed by atoms with van der Waals surface area (Å²) in [6.45, 7) is 10.4. The van der Waals surface area contributed by atoms with E-state index in [1.54, 1.807) is 11.3 Å². The Morgan fingerprint density at radius 1 is 1.13 bits per heavy atom. The molecular formula is C24H28N4O2S. The van der Waals surface area contributed by atoms with E-state index in [9.17, 15) is 4.79 Å². The Kier molecular flexibility index (Phi) is 6.53. The number of carbonyl (C=O) groups excluding carboxylic acids is 1. The van der Waals surface area contributed by atoms with Gasteiger partial charge in [0.1, 0.15) is 5.75 Å². The molecule has 0 radical (unpaired) electrons. The summed E-state index contributed by atoms with van der Waals surface area (Å²) in [5.74, 6) is 0.829. The van der Waals surface area contributed by atoms with Crippen molar-refractivity contribution in [2.24, 2.45) is 0 Å². The average molecular weight is 437 g/mol. The minimum Gasteiger partial charge on any atom is -0.494 e. The number of carbonyl (C=O) groups is 1. The Morgan fingerprint density at radius 2 is 1.90 bits per heavy atom. The molecule has 0 bridgehead atoms. The number of amides is 1. The van der Waals surface area contributed by atoms with Gasteiger partial charge in [-0.2, -0.15) is 0 Å². The summed E-state index contributed by atoms with van der Waals surface area (Å²) in [5.41, 5.74) is 3.72. The fourth-order valence-corrected chi connectivity index (χ4v) is 4.69. The van der Waals surface area contributed by atoms with Gasteiger partial charge < -0.3 is 15.0 Å². The van der Waals surface area contributed by atoms with E-state index in [0.29, 0.717) is 18.7 Å². The molecule has 4 aromatic rings. The Balaban J connectivity index is 1.51. The largest absolute Gasteiger partial charge is 0.494 e. The van der Waals surface area contributed by atoms with Gasteiger partial charge in [0.15, 0.2) is 4.96 Å². The number of ether oxygens (including phenoxy) is 1. The van der Waals surface area contributed by atoms with Gasteiger partial charge in [0.05, 0.1) is 22.5 Å². The number of likely N-dealkylation sites (N-methyl/N-ethyl adjacent to an activating group) is 1. The Labute approximate surface area is 186 Å². The molecule has 2 heterocycles. The number of aromatic nitrogens is 2. The van der Waals surface area contributed by atoms with Gasteiger partial charge in [0.25, 0.3) is 5.91 Å². The predicted molar refractivity (Wildman–Crippen MR) is 127 cm³/mol. The van der Waals surface area contributed by atoms with Crippen LogP contribution in [0.15, 0.2) is 48.7 Å². The first-order valence-corrected chi connectivity index (χ1v) is 11.6. The zero-order valence-corrected chi connectivity index (χ0v) is 19.0. The van der Waals surface area contributed by atoms with Crippen molar-refractivity contribution < 1.29 is 9.53 Å². The van der Waals surface area contributed by atoms with E-state index < -0.39 is 0 Å². The number of rotatable bonds is 9. The third kappa shape index (κ3) is 4.57. The molecule has 0 unspecified atom stereocenters. The molecule has 162 valence electrons. The second-order valence-corrected chi connectivity index (χ2v) is 8.31. The highest BCUT2D eigenvalue weighted by atomic mass is 32.1. The molecular weight excluding hydrogens is 408 g/mol. The molecule has 7 heteroatoms. The summed E-state index contributed by atoms with van der Waals surface area (Å²) < 4.78 is 8.66. The number of fused-ring (bicyclic) bond motifs is 3. The van der Waals surface area contributed by atoms with E-state index in [1.807, 2.05) is 55.6 Å². The van der Waals surface area contributed by atoms with Crippen molar-refractivity contribution in [2.45, 2.75) is 20.8 Å². The van der Waals surface area contributed by atoms with Crippen molar-refractivity contribution in [3.63, 3.8) is 0 Å². The molecule has 1 amide bonds. The molecule has 4 rings (SSSR count). The number of benzene rings is 2. The van der Waals surface area contributed by atoms with Crippen molar-refractivity contribution in [1.82, 2.24) is 19.6 Å². The van der Waals surface area contributed by atoms with Crippen LogP contribution >= 0.6 is 11.3 Å². The summed E-state index contributed by atoms with van der Waals surface area (Å²) in [6.07, 6.45) is 2.05. The molecule has 6 nitrogen and oxygen atoms in total. The van der Waals surface area contributed by atoms with Gasteiger partial charge in [-0.15, -0.1) is 0 Å². The minimum absolute atomic E-state index is 0.0322. The highest BCUT2D eigenvalue weighted by Gasteiger charge is 2.13. The van der Waals surface area contributed by atoms with Gasteiger partial charge in [-0.3, -0.25) is 9.20 Å². The SMILES string of the molecule is CCOc1ccc(-c2cn3c(n2)sc2cc(C(=O)NCCN(CC)CC)ccc23)cc1. The molecule has 31 heavy (non-hydrogen) atoms.